The van der Waals surface area contributed by atoms with E-state index in [0.717, 1.165) is 5.56 Å². The number of nitrogens with two attached hydrogens (primary N) is 1. The van der Waals surface area contributed by atoms with Gasteiger partial charge in [0.2, 0.25) is 0 Å². The van der Waals surface area contributed by atoms with Crippen LogP contribution in [0.2, 0.25) is 0 Å². The summed E-state index contributed by atoms with van der Waals surface area (Å²) in [6.07, 6.45) is 3.40. The Labute approximate surface area is 105 Å². The highest BCUT2D eigenvalue weighted by atomic mass is 16.2. The Morgan fingerprint density at radius 2 is 2.00 bits per heavy atom. The molecule has 0 fully saturated rings. The molecule has 2 rings (SSSR count). The average Bonchev–Trinajstić information content (AvgIpc) is 2.40. The number of carbonyl (C=O) groups is 1. The van der Waals surface area contributed by atoms with Crippen molar-refractivity contribution in [2.45, 2.75) is 6.54 Å². The van der Waals surface area contributed by atoms with Crippen LogP contribution in [0, 0.1) is 0 Å². The van der Waals surface area contributed by atoms with Crippen LogP contribution in [0.15, 0.2) is 48.8 Å². The Morgan fingerprint density at radius 1 is 1.22 bits per heavy atom. The Balaban J connectivity index is 1.84. The zero-order valence-corrected chi connectivity index (χ0v) is 9.76. The minimum atomic E-state index is -0.261. The van der Waals surface area contributed by atoms with Gasteiger partial charge < -0.3 is 16.4 Å². The number of aromatic nitrogens is 1. The van der Waals surface area contributed by atoms with Crippen molar-refractivity contribution in [2.24, 2.45) is 0 Å². The number of rotatable bonds is 3. The number of nitrogens with zero attached hydrogens (tertiary/aromatic N) is 1. The van der Waals surface area contributed by atoms with E-state index in [-0.39, 0.29) is 6.03 Å². The van der Waals surface area contributed by atoms with E-state index < -0.39 is 0 Å². The van der Waals surface area contributed by atoms with E-state index in [4.69, 9.17) is 5.73 Å². The summed E-state index contributed by atoms with van der Waals surface area (Å²) in [6.45, 7) is 0.439. The molecule has 0 saturated carbocycles. The molecule has 0 radical (unpaired) electrons. The third-order valence-electron chi connectivity index (χ3n) is 2.34. The van der Waals surface area contributed by atoms with Crippen LogP contribution in [0.4, 0.5) is 16.2 Å². The Kier molecular flexibility index (Phi) is 3.76. The molecular weight excluding hydrogens is 228 g/mol. The lowest BCUT2D eigenvalue weighted by atomic mass is 10.3. The Morgan fingerprint density at radius 3 is 2.67 bits per heavy atom. The van der Waals surface area contributed by atoms with Crippen LogP contribution in [-0.4, -0.2) is 11.0 Å². The highest BCUT2D eigenvalue weighted by Gasteiger charge is 2.01. The first kappa shape index (κ1) is 11.9. The van der Waals surface area contributed by atoms with Crippen LogP contribution in [0.25, 0.3) is 0 Å². The van der Waals surface area contributed by atoms with Gasteiger partial charge >= 0.3 is 6.03 Å². The standard InChI is InChI=1S/C13H14N4O/c14-11-3-5-12(6-4-11)17-13(18)16-9-10-2-1-7-15-8-10/h1-8H,9,14H2,(H2,16,17,18). The third kappa shape index (κ3) is 3.48. The van der Waals surface area contributed by atoms with E-state index in [2.05, 4.69) is 15.6 Å². The number of amides is 2. The number of nitrogen functional groups attached to an aromatic ring is 1. The second kappa shape index (κ2) is 5.67. The number of hydrogen-bond donors (Lipinski definition) is 3. The number of urea groups is 1. The first-order valence-corrected chi connectivity index (χ1v) is 5.53. The van der Waals surface area contributed by atoms with Crippen LogP contribution >= 0.6 is 0 Å². The molecule has 0 aliphatic carbocycles. The largest absolute Gasteiger partial charge is 0.399 e. The first-order chi connectivity index (χ1) is 8.74. The summed E-state index contributed by atoms with van der Waals surface area (Å²) in [5, 5.41) is 5.45. The fourth-order valence-corrected chi connectivity index (χ4v) is 1.43. The molecule has 1 aromatic heterocycles. The van der Waals surface area contributed by atoms with Crippen molar-refractivity contribution in [2.75, 3.05) is 11.1 Å². The second-order valence-corrected chi connectivity index (χ2v) is 3.79. The van der Waals surface area contributed by atoms with Gasteiger partial charge in [-0.3, -0.25) is 4.98 Å². The maximum atomic E-state index is 11.6. The van der Waals surface area contributed by atoms with Gasteiger partial charge in [-0.25, -0.2) is 4.79 Å². The molecule has 0 spiro atoms. The van der Waals surface area contributed by atoms with Crippen LogP contribution in [0.5, 0.6) is 0 Å². The van der Waals surface area contributed by atoms with Gasteiger partial charge in [-0.05, 0) is 35.9 Å². The fraction of sp³-hybridized carbons (Fsp3) is 0.0769. The van der Waals surface area contributed by atoms with Gasteiger partial charge in [0, 0.05) is 30.3 Å². The average molecular weight is 242 g/mol. The summed E-state index contributed by atoms with van der Waals surface area (Å²) in [6, 6.07) is 10.4. The van der Waals surface area contributed by atoms with Gasteiger partial charge in [0.1, 0.15) is 0 Å². The highest BCUT2D eigenvalue weighted by Crippen LogP contribution is 2.10. The Bertz CT molecular complexity index is 510. The third-order valence-corrected chi connectivity index (χ3v) is 2.34. The minimum absolute atomic E-state index is 0.261. The molecule has 5 heteroatoms. The monoisotopic (exact) mass is 242 g/mol. The summed E-state index contributed by atoms with van der Waals surface area (Å²) in [5.74, 6) is 0. The summed E-state index contributed by atoms with van der Waals surface area (Å²) in [7, 11) is 0. The van der Waals surface area contributed by atoms with Gasteiger partial charge in [-0.15, -0.1) is 0 Å². The summed E-state index contributed by atoms with van der Waals surface area (Å²) in [5.41, 5.74) is 7.87. The van der Waals surface area contributed by atoms with Crippen LogP contribution in [0.1, 0.15) is 5.56 Å². The summed E-state index contributed by atoms with van der Waals surface area (Å²) >= 11 is 0. The van der Waals surface area contributed by atoms with Crippen molar-refractivity contribution in [3.63, 3.8) is 0 Å². The van der Waals surface area contributed by atoms with E-state index in [9.17, 15) is 4.79 Å². The van der Waals surface area contributed by atoms with Crippen molar-refractivity contribution in [3.05, 3.63) is 54.4 Å². The van der Waals surface area contributed by atoms with E-state index in [1.165, 1.54) is 0 Å². The zero-order chi connectivity index (χ0) is 12.8. The van der Waals surface area contributed by atoms with Crippen molar-refractivity contribution < 1.29 is 4.79 Å². The van der Waals surface area contributed by atoms with E-state index in [0.29, 0.717) is 17.9 Å². The number of benzene rings is 1. The van der Waals surface area contributed by atoms with Crippen molar-refractivity contribution in [3.8, 4) is 0 Å². The number of anilines is 2. The first-order valence-electron chi connectivity index (χ1n) is 5.53. The molecule has 5 nitrogen and oxygen atoms in total. The molecule has 1 aromatic carbocycles. The summed E-state index contributed by atoms with van der Waals surface area (Å²) in [4.78, 5) is 15.6. The molecule has 18 heavy (non-hydrogen) atoms. The SMILES string of the molecule is Nc1ccc(NC(=O)NCc2cccnc2)cc1. The lowest BCUT2D eigenvalue weighted by Gasteiger charge is -2.07. The molecule has 1 heterocycles. The van der Waals surface area contributed by atoms with Crippen LogP contribution in [0.3, 0.4) is 0 Å². The molecule has 2 aromatic rings. The van der Waals surface area contributed by atoms with E-state index >= 15 is 0 Å². The van der Waals surface area contributed by atoms with Crippen LogP contribution in [-0.2, 0) is 6.54 Å². The second-order valence-electron chi connectivity index (χ2n) is 3.79. The molecule has 4 N–H and O–H groups in total. The predicted molar refractivity (Wildman–Crippen MR) is 70.9 cm³/mol. The quantitative estimate of drug-likeness (QED) is 0.720. The number of nitrogens with one attached hydrogen (secondary N) is 2. The van der Waals surface area contributed by atoms with Gasteiger partial charge in [0.15, 0.2) is 0 Å². The van der Waals surface area contributed by atoms with Gasteiger partial charge in [0.25, 0.3) is 0 Å². The molecule has 0 saturated heterocycles. The number of carbonyl (C=O) groups excluding carboxylic acids is 1. The van der Waals surface area contributed by atoms with Crippen molar-refractivity contribution in [1.82, 2.24) is 10.3 Å². The molecule has 0 atom stereocenters. The molecular formula is C13H14N4O. The molecule has 0 aliphatic rings. The molecule has 0 unspecified atom stereocenters. The predicted octanol–water partition coefficient (Wildman–Crippen LogP) is 1.99. The maximum absolute atomic E-state index is 11.6. The van der Waals surface area contributed by atoms with Crippen molar-refractivity contribution >= 4 is 17.4 Å². The Hall–Kier alpha value is -2.56. The van der Waals surface area contributed by atoms with Gasteiger partial charge in [-0.2, -0.15) is 0 Å². The molecule has 92 valence electrons. The molecule has 0 aliphatic heterocycles. The van der Waals surface area contributed by atoms with E-state index in [1.807, 2.05) is 12.1 Å². The number of pyridine rings is 1. The fourth-order valence-electron chi connectivity index (χ4n) is 1.43. The van der Waals surface area contributed by atoms with E-state index in [1.54, 1.807) is 36.7 Å². The highest BCUT2D eigenvalue weighted by molar-refractivity contribution is 5.89. The molecule has 0 bridgehead atoms. The van der Waals surface area contributed by atoms with Gasteiger partial charge in [-0.1, -0.05) is 6.07 Å². The number of hydrogen-bond acceptors (Lipinski definition) is 3. The normalized spacial score (nSPS) is 9.78. The molecule has 2 amide bonds. The smallest absolute Gasteiger partial charge is 0.319 e. The topological polar surface area (TPSA) is 80.0 Å². The van der Waals surface area contributed by atoms with Gasteiger partial charge in [0.05, 0.1) is 0 Å². The maximum Gasteiger partial charge on any atom is 0.319 e. The van der Waals surface area contributed by atoms with Crippen LogP contribution < -0.4 is 16.4 Å². The van der Waals surface area contributed by atoms with Crippen molar-refractivity contribution in [1.29, 1.82) is 0 Å². The summed E-state index contributed by atoms with van der Waals surface area (Å²) < 4.78 is 0. The zero-order valence-electron chi connectivity index (χ0n) is 9.76. The lowest BCUT2D eigenvalue weighted by Crippen LogP contribution is -2.28. The minimum Gasteiger partial charge on any atom is -0.399 e. The lowest BCUT2D eigenvalue weighted by molar-refractivity contribution is 0.251.